The van der Waals surface area contributed by atoms with Crippen molar-refractivity contribution in [2.45, 2.75) is 6.92 Å². The van der Waals surface area contributed by atoms with Crippen LogP contribution in [-0.4, -0.2) is 71.8 Å². The summed E-state index contributed by atoms with van der Waals surface area (Å²) in [6.07, 6.45) is 1.71. The number of hydrogen-bond donors (Lipinski definition) is 1. The lowest BCUT2D eigenvalue weighted by atomic mass is 10.1. The zero-order valence-electron chi connectivity index (χ0n) is 17.0. The molecule has 0 radical (unpaired) electrons. The Balaban J connectivity index is 1.57. The number of methoxy groups -OCH3 is 1. The zero-order chi connectivity index (χ0) is 21.1. The van der Waals surface area contributed by atoms with Crippen molar-refractivity contribution in [3.05, 3.63) is 46.9 Å². The third-order valence-electron chi connectivity index (χ3n) is 5.16. The van der Waals surface area contributed by atoms with Gasteiger partial charge in [-0.2, -0.15) is 0 Å². The second-order valence-electron chi connectivity index (χ2n) is 7.05. The Labute approximate surface area is 179 Å². The lowest BCUT2D eigenvalue weighted by Crippen LogP contribution is -2.41. The highest BCUT2D eigenvalue weighted by Gasteiger charge is 2.20. The van der Waals surface area contributed by atoms with E-state index in [0.717, 1.165) is 44.2 Å². The molecule has 8 nitrogen and oxygen atoms in total. The van der Waals surface area contributed by atoms with Crippen molar-refractivity contribution in [3.63, 3.8) is 0 Å². The Hall–Kier alpha value is -2.68. The zero-order valence-corrected chi connectivity index (χ0v) is 17.8. The van der Waals surface area contributed by atoms with E-state index in [2.05, 4.69) is 20.2 Å². The van der Waals surface area contributed by atoms with Gasteiger partial charge in [-0.05, 0) is 25.1 Å². The smallest absolute Gasteiger partial charge is 0.255 e. The molecule has 1 amide bonds. The minimum atomic E-state index is -0.223. The van der Waals surface area contributed by atoms with Crippen LogP contribution in [0, 0.1) is 6.92 Å². The van der Waals surface area contributed by atoms with Crippen LogP contribution in [0.4, 0.5) is 0 Å². The maximum atomic E-state index is 12.8. The monoisotopic (exact) mass is 429 g/mol. The maximum absolute atomic E-state index is 12.8. The highest BCUT2D eigenvalue weighted by atomic mass is 35.5. The first kappa shape index (κ1) is 20.6. The predicted molar refractivity (Wildman–Crippen MR) is 115 cm³/mol. The Morgan fingerprint density at radius 3 is 2.90 bits per heavy atom. The first-order valence-electron chi connectivity index (χ1n) is 9.84. The normalized spacial score (nSPS) is 14.8. The molecule has 1 N–H and O–H groups in total. The van der Waals surface area contributed by atoms with E-state index in [1.54, 1.807) is 18.3 Å². The minimum absolute atomic E-state index is 0.223. The second-order valence-corrected chi connectivity index (χ2v) is 7.46. The molecule has 158 valence electrons. The van der Waals surface area contributed by atoms with Crippen LogP contribution in [0.25, 0.3) is 16.9 Å². The fraction of sp³-hybridized carbons (Fsp3) is 0.381. The topological polar surface area (TPSA) is 81.5 Å². The lowest BCUT2D eigenvalue weighted by molar-refractivity contribution is 0.0383. The molecule has 0 spiro atoms. The summed E-state index contributed by atoms with van der Waals surface area (Å²) >= 11 is 6.59. The maximum Gasteiger partial charge on any atom is 0.255 e. The van der Waals surface area contributed by atoms with Crippen molar-refractivity contribution in [3.8, 4) is 11.4 Å². The van der Waals surface area contributed by atoms with Crippen molar-refractivity contribution < 1.29 is 14.3 Å². The summed E-state index contributed by atoms with van der Waals surface area (Å²) in [5, 5.41) is 3.37. The van der Waals surface area contributed by atoms with Crippen LogP contribution >= 0.6 is 11.6 Å². The van der Waals surface area contributed by atoms with E-state index in [4.69, 9.17) is 21.1 Å². The molecule has 0 aliphatic carbocycles. The Morgan fingerprint density at radius 2 is 2.13 bits per heavy atom. The van der Waals surface area contributed by atoms with Crippen LogP contribution in [0.15, 0.2) is 30.5 Å². The molecule has 1 fully saturated rings. The molecule has 1 aliphatic rings. The van der Waals surface area contributed by atoms with Crippen LogP contribution < -0.4 is 10.1 Å². The summed E-state index contributed by atoms with van der Waals surface area (Å²) in [6, 6.07) is 7.12. The van der Waals surface area contributed by atoms with Crippen molar-refractivity contribution in [1.29, 1.82) is 0 Å². The van der Waals surface area contributed by atoms with Gasteiger partial charge in [-0.25, -0.2) is 9.97 Å². The average molecular weight is 430 g/mol. The molecular formula is C21H24ClN5O3. The number of nitrogens with zero attached hydrogens (tertiary/aromatic N) is 4. The van der Waals surface area contributed by atoms with E-state index < -0.39 is 0 Å². The third kappa shape index (κ3) is 4.12. The summed E-state index contributed by atoms with van der Waals surface area (Å²) in [5.41, 5.74) is 2.52. The van der Waals surface area contributed by atoms with Gasteiger partial charge in [-0.1, -0.05) is 11.6 Å². The van der Waals surface area contributed by atoms with Crippen LogP contribution in [-0.2, 0) is 4.74 Å². The van der Waals surface area contributed by atoms with Gasteiger partial charge in [-0.3, -0.25) is 14.3 Å². The number of fused-ring (bicyclic) bond motifs is 1. The van der Waals surface area contributed by atoms with Gasteiger partial charge >= 0.3 is 0 Å². The number of aryl methyl sites for hydroxylation is 1. The summed E-state index contributed by atoms with van der Waals surface area (Å²) in [6.45, 7) is 6.42. The number of benzene rings is 1. The van der Waals surface area contributed by atoms with Crippen molar-refractivity contribution >= 4 is 28.7 Å². The number of imidazole rings is 1. The molecule has 30 heavy (non-hydrogen) atoms. The Kier molecular flexibility index (Phi) is 6.17. The number of hydrogen-bond acceptors (Lipinski definition) is 6. The predicted octanol–water partition coefficient (Wildman–Crippen LogP) is 2.45. The number of morpholine rings is 1. The number of pyridine rings is 1. The van der Waals surface area contributed by atoms with E-state index in [1.165, 1.54) is 7.11 Å². The number of amides is 1. The summed E-state index contributed by atoms with van der Waals surface area (Å²) in [7, 11) is 1.54. The minimum Gasteiger partial charge on any atom is -0.496 e. The van der Waals surface area contributed by atoms with Gasteiger partial charge in [0.2, 0.25) is 0 Å². The highest BCUT2D eigenvalue weighted by Crippen LogP contribution is 2.32. The van der Waals surface area contributed by atoms with Crippen LogP contribution in [0.1, 0.15) is 16.2 Å². The van der Waals surface area contributed by atoms with Crippen LogP contribution in [0.3, 0.4) is 0 Å². The fourth-order valence-electron chi connectivity index (χ4n) is 3.62. The average Bonchev–Trinajstić information content (AvgIpc) is 3.10. The van der Waals surface area contributed by atoms with Crippen LogP contribution in [0.5, 0.6) is 5.75 Å². The molecule has 0 bridgehead atoms. The quantitative estimate of drug-likeness (QED) is 0.648. The molecule has 1 saturated heterocycles. The molecule has 1 aliphatic heterocycles. The van der Waals surface area contributed by atoms with E-state index in [-0.39, 0.29) is 5.91 Å². The van der Waals surface area contributed by atoms with Crippen molar-refractivity contribution in [2.75, 3.05) is 46.5 Å². The number of carbonyl (C=O) groups excluding carboxylic acids is 1. The van der Waals surface area contributed by atoms with Gasteiger partial charge in [0.1, 0.15) is 17.1 Å². The number of halogens is 1. The van der Waals surface area contributed by atoms with Crippen molar-refractivity contribution in [2.24, 2.45) is 0 Å². The van der Waals surface area contributed by atoms with Gasteiger partial charge in [0, 0.05) is 38.4 Å². The molecule has 1 aromatic carbocycles. The molecule has 3 aromatic rings. The largest absolute Gasteiger partial charge is 0.496 e. The fourth-order valence-corrected chi connectivity index (χ4v) is 3.87. The molecule has 4 rings (SSSR count). The molecule has 0 atom stereocenters. The van der Waals surface area contributed by atoms with E-state index >= 15 is 0 Å². The molecule has 0 unspecified atom stereocenters. The second kappa shape index (κ2) is 8.99. The number of nitrogens with one attached hydrogen (secondary N) is 1. The van der Waals surface area contributed by atoms with Gasteiger partial charge in [-0.15, -0.1) is 0 Å². The lowest BCUT2D eigenvalue weighted by Gasteiger charge is -2.26. The van der Waals surface area contributed by atoms with Crippen molar-refractivity contribution in [1.82, 2.24) is 24.8 Å². The van der Waals surface area contributed by atoms with Gasteiger partial charge in [0.15, 0.2) is 5.65 Å². The van der Waals surface area contributed by atoms with Crippen LogP contribution in [0.2, 0.25) is 5.02 Å². The molecule has 9 heteroatoms. The molecule has 2 aromatic heterocycles. The van der Waals surface area contributed by atoms with Gasteiger partial charge in [0.25, 0.3) is 5.91 Å². The summed E-state index contributed by atoms with van der Waals surface area (Å²) < 4.78 is 12.7. The van der Waals surface area contributed by atoms with E-state index in [0.29, 0.717) is 34.2 Å². The van der Waals surface area contributed by atoms with E-state index in [1.807, 2.05) is 23.6 Å². The molecular weight excluding hydrogens is 406 g/mol. The number of rotatable bonds is 6. The standard InChI is InChI=1S/C21H24ClN5O3/c1-14-25-17-4-3-5-23-20(17)27(14)18-13-19(29-2)15(12-16(18)22)21(28)24-6-7-26-8-10-30-11-9-26/h3-5,12-13H,6-11H2,1-2H3,(H,24,28). The van der Waals surface area contributed by atoms with Gasteiger partial charge in [0.05, 0.1) is 36.6 Å². The number of carbonyl (C=O) groups is 1. The van der Waals surface area contributed by atoms with Gasteiger partial charge < -0.3 is 14.8 Å². The number of ether oxygens (including phenoxy) is 2. The Morgan fingerprint density at radius 1 is 1.33 bits per heavy atom. The summed E-state index contributed by atoms with van der Waals surface area (Å²) in [5.74, 6) is 0.963. The Bertz CT molecular complexity index is 1060. The highest BCUT2D eigenvalue weighted by molar-refractivity contribution is 6.33. The first-order valence-corrected chi connectivity index (χ1v) is 10.2. The first-order chi connectivity index (χ1) is 14.6. The third-order valence-corrected chi connectivity index (χ3v) is 5.46. The molecule has 3 heterocycles. The van der Waals surface area contributed by atoms with E-state index in [9.17, 15) is 4.79 Å². The summed E-state index contributed by atoms with van der Waals surface area (Å²) in [4.78, 5) is 24.0. The molecule has 0 saturated carbocycles. The SMILES string of the molecule is COc1cc(-n2c(C)nc3cccnc32)c(Cl)cc1C(=O)NCCN1CCOCC1. The number of aromatic nitrogens is 3.